The topological polar surface area (TPSA) is 43.1 Å². The second-order valence-corrected chi connectivity index (χ2v) is 3.75. The molecule has 0 saturated heterocycles. The maximum atomic E-state index is 11.2. The number of hydrogen-bond acceptors (Lipinski definition) is 2. The van der Waals surface area contributed by atoms with Crippen LogP contribution in [0.3, 0.4) is 0 Å². The fourth-order valence-corrected chi connectivity index (χ4v) is 0.975. The minimum atomic E-state index is 0.0503. The van der Waals surface area contributed by atoms with Gasteiger partial charge in [0.15, 0.2) is 0 Å². The standard InChI is InChI=1S/C10H21NO/c1-4-5-6-9(12)7-10(11)8(2)3/h8,10H,4-7,11H2,1-3H3. The molecule has 0 aromatic rings. The predicted octanol–water partition coefficient (Wildman–Crippen LogP) is 2.12. The molecule has 0 fully saturated rings. The number of unbranched alkanes of at least 4 members (excludes halogenated alkanes) is 1. The number of nitrogens with two attached hydrogens (primary N) is 1. The highest BCUT2D eigenvalue weighted by molar-refractivity contribution is 5.78. The highest BCUT2D eigenvalue weighted by Gasteiger charge is 2.11. The maximum Gasteiger partial charge on any atom is 0.134 e. The molecule has 1 unspecified atom stereocenters. The van der Waals surface area contributed by atoms with Crippen LogP contribution in [0.1, 0.15) is 46.5 Å². The number of rotatable bonds is 6. The highest BCUT2D eigenvalue weighted by Crippen LogP contribution is 2.06. The maximum absolute atomic E-state index is 11.2. The lowest BCUT2D eigenvalue weighted by atomic mass is 9.98. The smallest absolute Gasteiger partial charge is 0.134 e. The molecule has 2 heteroatoms. The summed E-state index contributed by atoms with van der Waals surface area (Å²) in [6.45, 7) is 6.20. The van der Waals surface area contributed by atoms with Crippen LogP contribution in [0.2, 0.25) is 0 Å². The van der Waals surface area contributed by atoms with Crippen LogP contribution in [0, 0.1) is 5.92 Å². The van der Waals surface area contributed by atoms with E-state index in [1.165, 1.54) is 0 Å². The summed E-state index contributed by atoms with van der Waals surface area (Å²) in [5, 5.41) is 0. The van der Waals surface area contributed by atoms with Crippen molar-refractivity contribution < 1.29 is 4.79 Å². The summed E-state index contributed by atoms with van der Waals surface area (Å²) in [4.78, 5) is 11.2. The average molecular weight is 171 g/mol. The molecule has 0 aliphatic rings. The Hall–Kier alpha value is -0.370. The highest BCUT2D eigenvalue weighted by atomic mass is 16.1. The van der Waals surface area contributed by atoms with Crippen molar-refractivity contribution >= 4 is 5.78 Å². The molecule has 2 N–H and O–H groups in total. The molecular formula is C10H21NO. The first-order valence-corrected chi connectivity index (χ1v) is 4.85. The number of carbonyl (C=O) groups excluding carboxylic acids is 1. The second-order valence-electron chi connectivity index (χ2n) is 3.75. The van der Waals surface area contributed by atoms with Gasteiger partial charge in [0, 0.05) is 18.9 Å². The minimum absolute atomic E-state index is 0.0503. The number of carbonyl (C=O) groups is 1. The van der Waals surface area contributed by atoms with Crippen LogP contribution in [0.5, 0.6) is 0 Å². The molecule has 0 heterocycles. The first kappa shape index (κ1) is 11.6. The third kappa shape index (κ3) is 5.30. The summed E-state index contributed by atoms with van der Waals surface area (Å²) in [5.74, 6) is 0.730. The Morgan fingerprint density at radius 1 is 1.42 bits per heavy atom. The molecule has 0 bridgehead atoms. The number of ketones is 1. The summed E-state index contributed by atoms with van der Waals surface area (Å²) in [6, 6.07) is 0.0503. The van der Waals surface area contributed by atoms with Crippen molar-refractivity contribution in [2.45, 2.75) is 52.5 Å². The van der Waals surface area contributed by atoms with Gasteiger partial charge in [-0.15, -0.1) is 0 Å². The zero-order valence-electron chi connectivity index (χ0n) is 8.47. The van der Waals surface area contributed by atoms with E-state index < -0.39 is 0 Å². The van der Waals surface area contributed by atoms with Gasteiger partial charge in [-0.3, -0.25) is 4.79 Å². The SMILES string of the molecule is CCCCC(=O)CC(N)C(C)C. The average Bonchev–Trinajstić information content (AvgIpc) is 2.00. The van der Waals surface area contributed by atoms with E-state index in [1.807, 2.05) is 0 Å². The minimum Gasteiger partial charge on any atom is -0.327 e. The molecule has 0 rings (SSSR count). The van der Waals surface area contributed by atoms with Crippen molar-refractivity contribution in [3.05, 3.63) is 0 Å². The van der Waals surface area contributed by atoms with E-state index in [0.29, 0.717) is 24.5 Å². The van der Waals surface area contributed by atoms with Gasteiger partial charge in [-0.25, -0.2) is 0 Å². The van der Waals surface area contributed by atoms with Crippen molar-refractivity contribution in [3.63, 3.8) is 0 Å². The monoisotopic (exact) mass is 171 g/mol. The van der Waals surface area contributed by atoms with E-state index in [-0.39, 0.29) is 6.04 Å². The molecule has 0 saturated carbocycles. The summed E-state index contributed by atoms with van der Waals surface area (Å²) in [6.07, 6.45) is 3.35. The Morgan fingerprint density at radius 3 is 2.42 bits per heavy atom. The Bertz CT molecular complexity index is 132. The lowest BCUT2D eigenvalue weighted by Gasteiger charge is -2.13. The summed E-state index contributed by atoms with van der Waals surface area (Å²) in [7, 11) is 0. The van der Waals surface area contributed by atoms with E-state index in [2.05, 4.69) is 20.8 Å². The molecule has 1 atom stereocenters. The van der Waals surface area contributed by atoms with Crippen molar-refractivity contribution in [1.82, 2.24) is 0 Å². The van der Waals surface area contributed by atoms with E-state index in [1.54, 1.807) is 0 Å². The van der Waals surface area contributed by atoms with Gasteiger partial charge in [-0.1, -0.05) is 27.2 Å². The number of hydrogen-bond donors (Lipinski definition) is 1. The van der Waals surface area contributed by atoms with Crippen LogP contribution >= 0.6 is 0 Å². The summed E-state index contributed by atoms with van der Waals surface area (Å²) >= 11 is 0. The zero-order valence-corrected chi connectivity index (χ0v) is 8.47. The first-order chi connectivity index (χ1) is 5.57. The summed E-state index contributed by atoms with van der Waals surface area (Å²) < 4.78 is 0. The molecule has 2 nitrogen and oxygen atoms in total. The quantitative estimate of drug-likeness (QED) is 0.665. The molecular weight excluding hydrogens is 150 g/mol. The van der Waals surface area contributed by atoms with Gasteiger partial charge in [0.1, 0.15) is 5.78 Å². The molecule has 0 amide bonds. The van der Waals surface area contributed by atoms with Gasteiger partial charge in [-0.05, 0) is 12.3 Å². The molecule has 0 aromatic heterocycles. The molecule has 0 aliphatic heterocycles. The van der Waals surface area contributed by atoms with E-state index in [4.69, 9.17) is 5.73 Å². The fraction of sp³-hybridized carbons (Fsp3) is 0.900. The fourth-order valence-electron chi connectivity index (χ4n) is 0.975. The van der Waals surface area contributed by atoms with Crippen molar-refractivity contribution in [3.8, 4) is 0 Å². The van der Waals surface area contributed by atoms with Gasteiger partial charge in [-0.2, -0.15) is 0 Å². The van der Waals surface area contributed by atoms with Crippen LogP contribution in [0.25, 0.3) is 0 Å². The second kappa shape index (κ2) is 6.18. The van der Waals surface area contributed by atoms with Gasteiger partial charge in [0.2, 0.25) is 0 Å². The van der Waals surface area contributed by atoms with E-state index in [9.17, 15) is 4.79 Å². The van der Waals surface area contributed by atoms with Crippen LogP contribution in [0.15, 0.2) is 0 Å². The van der Waals surface area contributed by atoms with Crippen molar-refractivity contribution in [2.75, 3.05) is 0 Å². The first-order valence-electron chi connectivity index (χ1n) is 4.85. The molecule has 72 valence electrons. The third-order valence-electron chi connectivity index (χ3n) is 2.13. The normalized spacial score (nSPS) is 13.4. The lowest BCUT2D eigenvalue weighted by molar-refractivity contribution is -0.119. The summed E-state index contributed by atoms with van der Waals surface area (Å²) in [5.41, 5.74) is 5.77. The van der Waals surface area contributed by atoms with Gasteiger partial charge in [0.25, 0.3) is 0 Å². The Labute approximate surface area is 75.5 Å². The predicted molar refractivity (Wildman–Crippen MR) is 52.0 cm³/mol. The Kier molecular flexibility index (Phi) is 5.99. The van der Waals surface area contributed by atoms with E-state index >= 15 is 0 Å². The van der Waals surface area contributed by atoms with E-state index in [0.717, 1.165) is 12.8 Å². The van der Waals surface area contributed by atoms with Crippen LogP contribution in [0.4, 0.5) is 0 Å². The van der Waals surface area contributed by atoms with Gasteiger partial charge in [0.05, 0.1) is 0 Å². The Balaban J connectivity index is 3.54. The van der Waals surface area contributed by atoms with Gasteiger partial charge >= 0.3 is 0 Å². The molecule has 0 aliphatic carbocycles. The zero-order chi connectivity index (χ0) is 9.56. The van der Waals surface area contributed by atoms with Crippen molar-refractivity contribution in [2.24, 2.45) is 11.7 Å². The largest absolute Gasteiger partial charge is 0.327 e. The number of Topliss-reactive ketones (excluding diaryl/α,β-unsaturated/α-hetero) is 1. The Morgan fingerprint density at radius 2 is 2.00 bits per heavy atom. The van der Waals surface area contributed by atoms with Crippen molar-refractivity contribution in [1.29, 1.82) is 0 Å². The van der Waals surface area contributed by atoms with Crippen LogP contribution < -0.4 is 5.73 Å². The molecule has 0 radical (unpaired) electrons. The molecule has 0 aromatic carbocycles. The van der Waals surface area contributed by atoms with Gasteiger partial charge < -0.3 is 5.73 Å². The molecule has 12 heavy (non-hydrogen) atoms. The molecule has 0 spiro atoms. The third-order valence-corrected chi connectivity index (χ3v) is 2.13. The van der Waals surface area contributed by atoms with Crippen LogP contribution in [-0.2, 0) is 4.79 Å². The lowest BCUT2D eigenvalue weighted by Crippen LogP contribution is -2.29. The van der Waals surface area contributed by atoms with Crippen LogP contribution in [-0.4, -0.2) is 11.8 Å².